The summed E-state index contributed by atoms with van der Waals surface area (Å²) in [4.78, 5) is 25.3. The predicted molar refractivity (Wildman–Crippen MR) is 170 cm³/mol. The highest BCUT2D eigenvalue weighted by Crippen LogP contribution is 2.20. The average molecular weight is 547 g/mol. The van der Waals surface area contributed by atoms with Crippen LogP contribution in [0.1, 0.15) is 84.1 Å². The summed E-state index contributed by atoms with van der Waals surface area (Å²) < 4.78 is 0. The highest BCUT2D eigenvalue weighted by Gasteiger charge is 2.22. The second-order valence-electron chi connectivity index (χ2n) is 10.2. The van der Waals surface area contributed by atoms with E-state index in [1.165, 1.54) is 0 Å². The van der Waals surface area contributed by atoms with E-state index in [2.05, 4.69) is 84.4 Å². The van der Waals surface area contributed by atoms with Gasteiger partial charge in [-0.1, -0.05) is 93.7 Å². The van der Waals surface area contributed by atoms with E-state index in [-0.39, 0.29) is 23.5 Å². The number of hydrogen-bond donors (Lipinski definition) is 3. The van der Waals surface area contributed by atoms with Crippen molar-refractivity contribution < 1.29 is 14.7 Å². The van der Waals surface area contributed by atoms with Crippen LogP contribution in [0.4, 0.5) is 5.69 Å². The summed E-state index contributed by atoms with van der Waals surface area (Å²) in [7, 11) is 0. The monoisotopic (exact) mass is 546 g/mol. The number of allylic oxidation sites excluding steroid dienone is 12. The molecule has 0 aliphatic rings. The fourth-order valence-electron chi connectivity index (χ4n) is 3.79. The van der Waals surface area contributed by atoms with Crippen molar-refractivity contribution in [3.8, 4) is 5.75 Å². The Hall–Kier alpha value is -3.60. The summed E-state index contributed by atoms with van der Waals surface area (Å²) in [6, 6.07) is 4.30. The number of hydrogen-bond acceptors (Lipinski definition) is 3. The molecule has 1 aromatic rings. The van der Waals surface area contributed by atoms with Gasteiger partial charge in [0.25, 0.3) is 0 Å². The van der Waals surface area contributed by atoms with E-state index in [4.69, 9.17) is 0 Å². The minimum atomic E-state index is -0.605. The van der Waals surface area contributed by atoms with Gasteiger partial charge in [-0.25, -0.2) is 0 Å². The Bertz CT molecular complexity index is 1040. The largest absolute Gasteiger partial charge is 0.508 e. The van der Waals surface area contributed by atoms with Gasteiger partial charge in [-0.15, -0.1) is 0 Å². The zero-order chi connectivity index (χ0) is 29.4. The van der Waals surface area contributed by atoms with Crippen molar-refractivity contribution in [3.05, 3.63) is 96.7 Å². The van der Waals surface area contributed by atoms with Gasteiger partial charge < -0.3 is 15.7 Å². The third-order valence-electron chi connectivity index (χ3n) is 5.96. The van der Waals surface area contributed by atoms with Crippen LogP contribution in [0, 0.1) is 12.8 Å². The lowest BCUT2D eigenvalue weighted by atomic mass is 10.0. The van der Waals surface area contributed by atoms with E-state index in [9.17, 15) is 14.7 Å². The predicted octanol–water partition coefficient (Wildman–Crippen LogP) is 8.65. The minimum Gasteiger partial charge on any atom is -0.508 e. The molecule has 0 aliphatic heterocycles. The molecule has 1 aromatic carbocycles. The van der Waals surface area contributed by atoms with Crippen molar-refractivity contribution in [1.29, 1.82) is 0 Å². The number of aryl methyl sites for hydroxylation is 1. The molecule has 1 atom stereocenters. The molecule has 2 amide bonds. The maximum Gasteiger partial charge on any atom is 0.246 e. The Morgan fingerprint density at radius 2 is 1.30 bits per heavy atom. The smallest absolute Gasteiger partial charge is 0.246 e. The number of carbonyl (C=O) groups is 2. The Morgan fingerprint density at radius 1 is 0.800 bits per heavy atom. The van der Waals surface area contributed by atoms with E-state index < -0.39 is 6.04 Å². The molecule has 0 saturated heterocycles. The molecule has 3 N–H and O–H groups in total. The number of phenolic OH excluding ortho intramolecular Hbond substituents is 1. The fourth-order valence-corrected chi connectivity index (χ4v) is 3.79. The lowest BCUT2D eigenvalue weighted by Crippen LogP contribution is -2.44. The molecule has 1 unspecified atom stereocenters. The number of anilines is 1. The van der Waals surface area contributed by atoms with Crippen LogP contribution < -0.4 is 10.6 Å². The normalized spacial score (nSPS) is 13.2. The van der Waals surface area contributed by atoms with Crippen LogP contribution in [0.5, 0.6) is 5.75 Å². The molecule has 0 radical (unpaired) electrons. The van der Waals surface area contributed by atoms with E-state index >= 15 is 0 Å². The number of benzene rings is 1. The molecule has 40 heavy (non-hydrogen) atoms. The fraction of sp³-hybridized carbons (Fsp3) is 0.429. The molecule has 0 aliphatic carbocycles. The topological polar surface area (TPSA) is 78.4 Å². The van der Waals surface area contributed by atoms with Gasteiger partial charge in [0.15, 0.2) is 0 Å². The van der Waals surface area contributed by atoms with Crippen LogP contribution in [-0.4, -0.2) is 23.0 Å². The zero-order valence-corrected chi connectivity index (χ0v) is 24.9. The third kappa shape index (κ3) is 17.8. The molecular formula is C35H50N2O3. The minimum absolute atomic E-state index is 0.137. The third-order valence-corrected chi connectivity index (χ3v) is 5.96. The van der Waals surface area contributed by atoms with Crippen LogP contribution in [0.2, 0.25) is 0 Å². The van der Waals surface area contributed by atoms with Gasteiger partial charge in [0, 0.05) is 12.1 Å². The molecule has 0 heterocycles. The number of aromatic hydroxyl groups is 1. The Labute approximate surface area is 242 Å². The highest BCUT2D eigenvalue weighted by atomic mass is 16.3. The van der Waals surface area contributed by atoms with Gasteiger partial charge in [0.1, 0.15) is 11.8 Å². The Morgan fingerprint density at radius 3 is 1.77 bits per heavy atom. The van der Waals surface area contributed by atoms with Crippen molar-refractivity contribution >= 4 is 17.5 Å². The molecule has 0 saturated carbocycles. The first-order valence-electron chi connectivity index (χ1n) is 14.6. The molecule has 0 spiro atoms. The Balaban J connectivity index is 2.26. The van der Waals surface area contributed by atoms with Gasteiger partial charge in [-0.05, 0) is 88.0 Å². The molecule has 5 nitrogen and oxygen atoms in total. The van der Waals surface area contributed by atoms with Crippen molar-refractivity contribution in [1.82, 2.24) is 5.32 Å². The van der Waals surface area contributed by atoms with Crippen molar-refractivity contribution in [3.63, 3.8) is 0 Å². The van der Waals surface area contributed by atoms with Gasteiger partial charge in [0.2, 0.25) is 11.8 Å². The highest BCUT2D eigenvalue weighted by molar-refractivity contribution is 5.97. The van der Waals surface area contributed by atoms with Crippen LogP contribution in [0.3, 0.4) is 0 Å². The number of amides is 2. The molecule has 0 fully saturated rings. The first-order chi connectivity index (χ1) is 19.3. The maximum atomic E-state index is 12.8. The van der Waals surface area contributed by atoms with Crippen LogP contribution in [0.25, 0.3) is 0 Å². The quantitative estimate of drug-likeness (QED) is 0.120. The summed E-state index contributed by atoms with van der Waals surface area (Å²) >= 11 is 0. The van der Waals surface area contributed by atoms with Crippen LogP contribution in [0.15, 0.2) is 91.1 Å². The van der Waals surface area contributed by atoms with Crippen LogP contribution in [-0.2, 0) is 9.59 Å². The molecule has 0 bridgehead atoms. The first kappa shape index (κ1) is 34.4. The van der Waals surface area contributed by atoms with E-state index in [1.807, 2.05) is 19.9 Å². The second kappa shape index (κ2) is 22.2. The molecule has 1 rings (SSSR count). The van der Waals surface area contributed by atoms with Gasteiger partial charge in [-0.2, -0.15) is 0 Å². The summed E-state index contributed by atoms with van der Waals surface area (Å²) in [5.41, 5.74) is 1.28. The van der Waals surface area contributed by atoms with E-state index in [0.717, 1.165) is 38.5 Å². The van der Waals surface area contributed by atoms with Crippen LogP contribution >= 0.6 is 0 Å². The summed E-state index contributed by atoms with van der Waals surface area (Å²) in [6.45, 7) is 7.96. The van der Waals surface area contributed by atoms with E-state index in [1.54, 1.807) is 25.1 Å². The SMILES string of the molecule is CC/C=C\C/C=C\C/C=C\C/C=C\C/C=C\C/C=C\CCC(=O)NC(CC(C)C)C(=O)Nc1ccc(O)c(C)c1. The average Bonchev–Trinajstić information content (AvgIpc) is 2.91. The zero-order valence-electron chi connectivity index (χ0n) is 24.9. The van der Waals surface area contributed by atoms with Crippen molar-refractivity contribution in [2.75, 3.05) is 5.32 Å². The second-order valence-corrected chi connectivity index (χ2v) is 10.2. The number of phenols is 1. The van der Waals surface area contributed by atoms with Gasteiger partial charge in [0.05, 0.1) is 0 Å². The summed E-state index contributed by atoms with van der Waals surface area (Å²) in [6.07, 6.45) is 33.2. The first-order valence-corrected chi connectivity index (χ1v) is 14.6. The standard InChI is InChI=1S/C35H50N2O3/c1-5-6-7-8-9-10-11-12-13-14-15-16-17-18-19-20-21-22-23-24-34(39)37-32(27-29(2)3)35(40)36-31-25-26-33(38)30(4)28-31/h6-7,9-10,12-13,15-16,18-19,21-22,25-26,28-29,32,38H,5,8,11,14,17,20,23-24,27H2,1-4H3,(H,36,40)(H,37,39)/b7-6-,10-9-,13-12-,16-15-,19-18-,22-21-. The Kier molecular flexibility index (Phi) is 19.1. The molecular weight excluding hydrogens is 496 g/mol. The van der Waals surface area contributed by atoms with Crippen molar-refractivity contribution in [2.45, 2.75) is 91.5 Å². The lowest BCUT2D eigenvalue weighted by Gasteiger charge is -2.20. The maximum absolute atomic E-state index is 12.8. The molecule has 218 valence electrons. The molecule has 0 aromatic heterocycles. The number of carbonyl (C=O) groups excluding carboxylic acids is 2. The summed E-state index contributed by atoms with van der Waals surface area (Å²) in [5.74, 6) is 0.0451. The van der Waals surface area contributed by atoms with Gasteiger partial charge in [-0.3, -0.25) is 9.59 Å². The number of rotatable bonds is 19. The van der Waals surface area contributed by atoms with Gasteiger partial charge >= 0.3 is 0 Å². The lowest BCUT2D eigenvalue weighted by molar-refractivity contribution is -0.126. The molecule has 5 heteroatoms. The van der Waals surface area contributed by atoms with E-state index in [0.29, 0.717) is 30.5 Å². The van der Waals surface area contributed by atoms with Crippen molar-refractivity contribution in [2.24, 2.45) is 5.92 Å². The number of nitrogens with one attached hydrogen (secondary N) is 2. The summed E-state index contributed by atoms with van der Waals surface area (Å²) in [5, 5.41) is 15.4.